The van der Waals surface area contributed by atoms with Crippen molar-refractivity contribution in [1.82, 2.24) is 0 Å². The number of halogens is 1. The van der Waals surface area contributed by atoms with Crippen LogP contribution in [0.3, 0.4) is 0 Å². The van der Waals surface area contributed by atoms with Crippen LogP contribution in [0.2, 0.25) is 0 Å². The average molecular weight is 407 g/mol. The summed E-state index contributed by atoms with van der Waals surface area (Å²) in [6.45, 7) is 8.78. The second kappa shape index (κ2) is 10.1. The minimum absolute atomic E-state index is 0.0733. The lowest BCUT2D eigenvalue weighted by Gasteiger charge is -2.27. The Balaban J connectivity index is 2.11. The summed E-state index contributed by atoms with van der Waals surface area (Å²) in [6, 6.07) is 14.3. The van der Waals surface area contributed by atoms with E-state index in [0.29, 0.717) is 24.2 Å². The fourth-order valence-corrected chi connectivity index (χ4v) is 2.95. The molecular formula is C23H31ClO4. The van der Waals surface area contributed by atoms with E-state index < -0.39 is 6.10 Å². The van der Waals surface area contributed by atoms with Gasteiger partial charge in [-0.25, -0.2) is 0 Å². The molecule has 0 amide bonds. The zero-order chi connectivity index (χ0) is 20.7. The van der Waals surface area contributed by atoms with Gasteiger partial charge in [0, 0.05) is 17.2 Å². The average Bonchev–Trinajstić information content (AvgIpc) is 2.70. The van der Waals surface area contributed by atoms with E-state index in [9.17, 15) is 5.11 Å². The Labute approximate surface area is 173 Å². The molecule has 0 aromatic heterocycles. The lowest BCUT2D eigenvalue weighted by atomic mass is 9.77. The summed E-state index contributed by atoms with van der Waals surface area (Å²) in [5.74, 6) is 2.46. The van der Waals surface area contributed by atoms with Crippen LogP contribution in [0.25, 0.3) is 0 Å². The van der Waals surface area contributed by atoms with Crippen LogP contribution in [-0.2, 0) is 5.41 Å². The van der Waals surface area contributed by atoms with Gasteiger partial charge in [0.25, 0.3) is 0 Å². The summed E-state index contributed by atoms with van der Waals surface area (Å²) in [5.41, 5.74) is 3.17. The summed E-state index contributed by atoms with van der Waals surface area (Å²) in [7, 11) is 0. The maximum atomic E-state index is 9.46. The Morgan fingerprint density at radius 3 is 2.21 bits per heavy atom. The van der Waals surface area contributed by atoms with E-state index in [1.54, 1.807) is 0 Å². The van der Waals surface area contributed by atoms with Gasteiger partial charge in [-0.05, 0) is 41.8 Å². The first-order valence-electron chi connectivity index (χ1n) is 9.60. The number of aliphatic hydroxyl groups is 2. The number of alkyl halides is 1. The highest BCUT2D eigenvalue weighted by Gasteiger charge is 2.24. The maximum Gasteiger partial charge on any atom is 0.122 e. The van der Waals surface area contributed by atoms with Crippen LogP contribution in [0, 0.1) is 12.8 Å². The first-order chi connectivity index (χ1) is 13.3. The maximum absolute atomic E-state index is 9.46. The molecule has 2 atom stereocenters. The van der Waals surface area contributed by atoms with Crippen molar-refractivity contribution in [2.24, 2.45) is 5.92 Å². The van der Waals surface area contributed by atoms with Crippen LogP contribution < -0.4 is 9.47 Å². The van der Waals surface area contributed by atoms with Gasteiger partial charge in [0.15, 0.2) is 0 Å². The molecule has 154 valence electrons. The fourth-order valence-electron chi connectivity index (χ4n) is 2.86. The lowest BCUT2D eigenvalue weighted by Crippen LogP contribution is -2.22. The van der Waals surface area contributed by atoms with Gasteiger partial charge in [0.05, 0.1) is 13.2 Å². The molecule has 2 aromatic carbocycles. The van der Waals surface area contributed by atoms with Crippen molar-refractivity contribution in [2.75, 3.05) is 25.7 Å². The van der Waals surface area contributed by atoms with Gasteiger partial charge in [-0.1, -0.05) is 45.0 Å². The van der Waals surface area contributed by atoms with E-state index in [1.807, 2.05) is 31.2 Å². The Kier molecular flexibility index (Phi) is 8.17. The molecule has 0 aliphatic heterocycles. The largest absolute Gasteiger partial charge is 0.493 e. The highest BCUT2D eigenvalue weighted by atomic mass is 35.5. The molecule has 28 heavy (non-hydrogen) atoms. The topological polar surface area (TPSA) is 58.9 Å². The zero-order valence-electron chi connectivity index (χ0n) is 17.1. The molecule has 0 unspecified atom stereocenters. The molecule has 2 rings (SSSR count). The van der Waals surface area contributed by atoms with Crippen LogP contribution in [0.5, 0.6) is 11.5 Å². The summed E-state index contributed by atoms with van der Waals surface area (Å²) in [4.78, 5) is 0. The Hall–Kier alpha value is -1.75. The molecule has 5 heteroatoms. The Morgan fingerprint density at radius 1 is 1.00 bits per heavy atom. The third-order valence-electron chi connectivity index (χ3n) is 4.91. The Morgan fingerprint density at radius 2 is 1.64 bits per heavy atom. The number of aryl methyl sites for hydroxylation is 1. The fraction of sp³-hybridized carbons (Fsp3) is 0.478. The third-order valence-corrected chi connectivity index (χ3v) is 5.44. The molecule has 0 aliphatic carbocycles. The van der Waals surface area contributed by atoms with Crippen molar-refractivity contribution in [1.29, 1.82) is 0 Å². The van der Waals surface area contributed by atoms with E-state index in [4.69, 9.17) is 26.2 Å². The van der Waals surface area contributed by atoms with E-state index >= 15 is 0 Å². The first-order valence-corrected chi connectivity index (χ1v) is 10.1. The number of aliphatic hydroxyl groups excluding tert-OH is 2. The Bertz CT molecular complexity index is 743. The summed E-state index contributed by atoms with van der Waals surface area (Å²) in [5, 5.41) is 18.4. The first kappa shape index (κ1) is 22.5. The van der Waals surface area contributed by atoms with Gasteiger partial charge in [0.1, 0.15) is 24.2 Å². The molecule has 0 spiro atoms. The molecule has 0 saturated carbocycles. The van der Waals surface area contributed by atoms with Crippen molar-refractivity contribution in [2.45, 2.75) is 39.2 Å². The van der Waals surface area contributed by atoms with Gasteiger partial charge in [0.2, 0.25) is 0 Å². The minimum atomic E-state index is -0.872. The number of rotatable bonds is 10. The number of ether oxygens (including phenoxy) is 2. The molecule has 0 fully saturated rings. The quantitative estimate of drug-likeness (QED) is 0.577. The van der Waals surface area contributed by atoms with Gasteiger partial charge < -0.3 is 19.7 Å². The molecule has 0 heterocycles. The normalized spacial score (nSPS) is 13.8. The van der Waals surface area contributed by atoms with Crippen LogP contribution in [-0.4, -0.2) is 42.0 Å². The van der Waals surface area contributed by atoms with Crippen LogP contribution in [0.15, 0.2) is 42.5 Å². The molecule has 0 radical (unpaired) electrons. The smallest absolute Gasteiger partial charge is 0.122 e. The summed E-state index contributed by atoms with van der Waals surface area (Å²) in [6.07, 6.45) is -0.872. The van der Waals surface area contributed by atoms with Crippen molar-refractivity contribution in [3.63, 3.8) is 0 Å². The van der Waals surface area contributed by atoms with Gasteiger partial charge in [-0.3, -0.25) is 0 Å². The van der Waals surface area contributed by atoms with E-state index in [-0.39, 0.29) is 18.6 Å². The predicted molar refractivity (Wildman–Crippen MR) is 114 cm³/mol. The second-order valence-corrected chi connectivity index (χ2v) is 8.16. The highest BCUT2D eigenvalue weighted by Crippen LogP contribution is 2.34. The molecule has 4 nitrogen and oxygen atoms in total. The van der Waals surface area contributed by atoms with Crippen molar-refractivity contribution in [3.05, 3.63) is 59.2 Å². The summed E-state index contributed by atoms with van der Waals surface area (Å²) >= 11 is 5.83. The van der Waals surface area contributed by atoms with Crippen LogP contribution in [0.4, 0.5) is 0 Å². The monoisotopic (exact) mass is 406 g/mol. The number of hydrogen-bond acceptors (Lipinski definition) is 4. The third kappa shape index (κ3) is 5.87. The molecule has 0 saturated heterocycles. The second-order valence-electron chi connectivity index (χ2n) is 7.85. The van der Waals surface area contributed by atoms with E-state index in [1.165, 1.54) is 11.1 Å². The number of hydrogen-bond donors (Lipinski definition) is 2. The van der Waals surface area contributed by atoms with Crippen molar-refractivity contribution in [3.8, 4) is 11.5 Å². The SMILES string of the molecule is Cc1cc(C(C)(C)c2ccc(OC[C@@H](C)CCl)cc2)ccc1OC[C@@H](O)CO. The van der Waals surface area contributed by atoms with Crippen molar-refractivity contribution >= 4 is 11.6 Å². The van der Waals surface area contributed by atoms with Crippen LogP contribution in [0.1, 0.15) is 37.5 Å². The summed E-state index contributed by atoms with van der Waals surface area (Å²) < 4.78 is 11.4. The molecule has 0 bridgehead atoms. The minimum Gasteiger partial charge on any atom is -0.493 e. The standard InChI is InChI=1S/C23H31ClO4/c1-16(12-24)14-27-21-8-5-18(6-9-21)23(3,4)19-7-10-22(17(2)11-19)28-15-20(26)13-25/h5-11,16,20,25-26H,12-15H2,1-4H3/t16-,20-/m0/s1. The molecule has 2 N–H and O–H groups in total. The van der Waals surface area contributed by atoms with Gasteiger partial charge >= 0.3 is 0 Å². The van der Waals surface area contributed by atoms with Crippen LogP contribution >= 0.6 is 11.6 Å². The lowest BCUT2D eigenvalue weighted by molar-refractivity contribution is 0.0534. The molecule has 0 aliphatic rings. The molecule has 2 aromatic rings. The van der Waals surface area contributed by atoms with E-state index in [2.05, 4.69) is 39.0 Å². The molecular weight excluding hydrogens is 376 g/mol. The van der Waals surface area contributed by atoms with Gasteiger partial charge in [-0.2, -0.15) is 0 Å². The van der Waals surface area contributed by atoms with E-state index in [0.717, 1.165) is 11.3 Å². The predicted octanol–water partition coefficient (Wildman–Crippen LogP) is 4.31. The highest BCUT2D eigenvalue weighted by molar-refractivity contribution is 6.18. The van der Waals surface area contributed by atoms with Gasteiger partial charge in [-0.15, -0.1) is 11.6 Å². The van der Waals surface area contributed by atoms with Crippen molar-refractivity contribution < 1.29 is 19.7 Å². The zero-order valence-corrected chi connectivity index (χ0v) is 17.9. The number of benzene rings is 2.